The second kappa shape index (κ2) is 11.1. The van der Waals surface area contributed by atoms with Gasteiger partial charge in [0.15, 0.2) is 11.0 Å². The Morgan fingerprint density at radius 1 is 1.09 bits per heavy atom. The predicted molar refractivity (Wildman–Crippen MR) is 146 cm³/mol. The van der Waals surface area contributed by atoms with Crippen LogP contribution in [0.25, 0.3) is 10.8 Å². The molecule has 0 saturated carbocycles. The van der Waals surface area contributed by atoms with Crippen LogP contribution in [0.1, 0.15) is 22.5 Å². The van der Waals surface area contributed by atoms with Gasteiger partial charge in [0.05, 0.1) is 5.75 Å². The van der Waals surface area contributed by atoms with Crippen molar-refractivity contribution in [2.45, 2.75) is 39.1 Å². The Morgan fingerprint density at radius 3 is 2.69 bits per heavy atom. The van der Waals surface area contributed by atoms with E-state index in [4.69, 9.17) is 4.74 Å². The molecule has 0 saturated heterocycles. The highest BCUT2D eigenvalue weighted by Crippen LogP contribution is 2.29. The average molecular weight is 552 g/mol. The van der Waals surface area contributed by atoms with Gasteiger partial charge in [-0.25, -0.2) is 0 Å². The molecule has 180 valence electrons. The molecule has 0 atom stereocenters. The Hall–Kier alpha value is -3.10. The number of carbonyl (C=O) groups excluding carboxylic acids is 1. The van der Waals surface area contributed by atoms with E-state index in [9.17, 15) is 4.79 Å². The maximum absolute atomic E-state index is 12.6. The summed E-state index contributed by atoms with van der Waals surface area (Å²) in [6.07, 6.45) is 1.78. The number of benzene rings is 3. The lowest BCUT2D eigenvalue weighted by atomic mass is 10.0. The third kappa shape index (κ3) is 5.60. The Morgan fingerprint density at radius 2 is 1.89 bits per heavy atom. The van der Waals surface area contributed by atoms with E-state index in [2.05, 4.69) is 63.1 Å². The topological polar surface area (TPSA) is 69.0 Å². The van der Waals surface area contributed by atoms with E-state index in [0.717, 1.165) is 38.0 Å². The SMILES string of the molecule is C=CCn1c(COc2ccc3ccccc3c2C)nnc1SCC(=O)Nc1ccc(Br)c(C)c1C. The zero-order valence-electron chi connectivity index (χ0n) is 20.0. The Kier molecular flexibility index (Phi) is 7.93. The van der Waals surface area contributed by atoms with Crippen LogP contribution in [0, 0.1) is 20.8 Å². The summed E-state index contributed by atoms with van der Waals surface area (Å²) in [5.74, 6) is 1.61. The van der Waals surface area contributed by atoms with Crippen molar-refractivity contribution in [2.75, 3.05) is 11.1 Å². The van der Waals surface area contributed by atoms with Crippen LogP contribution in [0.15, 0.2) is 70.8 Å². The molecule has 0 fully saturated rings. The van der Waals surface area contributed by atoms with Crippen LogP contribution in [0.5, 0.6) is 5.75 Å². The third-order valence-electron chi connectivity index (χ3n) is 5.94. The number of anilines is 1. The van der Waals surface area contributed by atoms with E-state index >= 15 is 0 Å². The van der Waals surface area contributed by atoms with Gasteiger partial charge >= 0.3 is 0 Å². The first-order chi connectivity index (χ1) is 16.9. The zero-order valence-corrected chi connectivity index (χ0v) is 22.4. The summed E-state index contributed by atoms with van der Waals surface area (Å²) in [6, 6.07) is 16.1. The highest BCUT2D eigenvalue weighted by atomic mass is 79.9. The van der Waals surface area contributed by atoms with Gasteiger partial charge in [-0.2, -0.15) is 0 Å². The van der Waals surface area contributed by atoms with Crippen molar-refractivity contribution in [3.05, 3.63) is 88.2 Å². The van der Waals surface area contributed by atoms with Gasteiger partial charge in [-0.05, 0) is 66.4 Å². The quantitative estimate of drug-likeness (QED) is 0.187. The van der Waals surface area contributed by atoms with Crippen molar-refractivity contribution in [1.82, 2.24) is 14.8 Å². The number of hydrogen-bond donors (Lipinski definition) is 1. The van der Waals surface area contributed by atoms with Gasteiger partial charge in [-0.15, -0.1) is 16.8 Å². The zero-order chi connectivity index (χ0) is 24.9. The number of amides is 1. The van der Waals surface area contributed by atoms with Crippen LogP contribution in [0.4, 0.5) is 5.69 Å². The largest absolute Gasteiger partial charge is 0.485 e. The number of halogens is 1. The molecule has 1 amide bonds. The van der Waals surface area contributed by atoms with Gasteiger partial charge in [0.25, 0.3) is 0 Å². The number of carbonyl (C=O) groups is 1. The van der Waals surface area contributed by atoms with Crippen molar-refractivity contribution in [3.63, 3.8) is 0 Å². The van der Waals surface area contributed by atoms with Gasteiger partial charge in [0.1, 0.15) is 12.4 Å². The van der Waals surface area contributed by atoms with Gasteiger partial charge in [0.2, 0.25) is 5.91 Å². The van der Waals surface area contributed by atoms with Crippen molar-refractivity contribution in [1.29, 1.82) is 0 Å². The number of nitrogens with zero attached hydrogens (tertiary/aromatic N) is 3. The molecular weight excluding hydrogens is 524 g/mol. The third-order valence-corrected chi connectivity index (χ3v) is 7.76. The maximum atomic E-state index is 12.6. The summed E-state index contributed by atoms with van der Waals surface area (Å²) in [4.78, 5) is 12.6. The lowest BCUT2D eigenvalue weighted by molar-refractivity contribution is -0.113. The lowest BCUT2D eigenvalue weighted by Crippen LogP contribution is -2.16. The van der Waals surface area contributed by atoms with Crippen LogP contribution in [0.2, 0.25) is 0 Å². The van der Waals surface area contributed by atoms with Crippen LogP contribution < -0.4 is 10.1 Å². The summed E-state index contributed by atoms with van der Waals surface area (Å²) < 4.78 is 9.07. The number of thioether (sulfide) groups is 1. The molecule has 0 aliphatic heterocycles. The number of rotatable bonds is 9. The summed E-state index contributed by atoms with van der Waals surface area (Å²) in [5, 5.41) is 14.6. The van der Waals surface area contributed by atoms with Crippen LogP contribution >= 0.6 is 27.7 Å². The first-order valence-corrected chi connectivity index (χ1v) is 13.0. The number of hydrogen-bond acceptors (Lipinski definition) is 5. The fourth-order valence-corrected chi connectivity index (χ4v) is 4.99. The molecule has 3 aromatic carbocycles. The molecule has 4 aromatic rings. The molecule has 6 nitrogen and oxygen atoms in total. The molecule has 1 N–H and O–H groups in total. The number of allylic oxidation sites excluding steroid dienone is 1. The molecule has 1 heterocycles. The van der Waals surface area contributed by atoms with Gasteiger partial charge < -0.3 is 10.1 Å². The highest BCUT2D eigenvalue weighted by molar-refractivity contribution is 9.10. The monoisotopic (exact) mass is 550 g/mol. The normalized spacial score (nSPS) is 11.0. The van der Waals surface area contributed by atoms with E-state index in [1.807, 2.05) is 48.7 Å². The smallest absolute Gasteiger partial charge is 0.234 e. The minimum atomic E-state index is -0.0995. The first-order valence-electron chi connectivity index (χ1n) is 11.2. The molecule has 0 aliphatic carbocycles. The molecule has 0 radical (unpaired) electrons. The van der Waals surface area contributed by atoms with Crippen molar-refractivity contribution >= 4 is 50.1 Å². The second-order valence-electron chi connectivity index (χ2n) is 8.18. The number of nitrogens with one attached hydrogen (secondary N) is 1. The number of fused-ring (bicyclic) bond motifs is 1. The van der Waals surface area contributed by atoms with E-state index in [-0.39, 0.29) is 18.3 Å². The van der Waals surface area contributed by atoms with E-state index in [1.54, 1.807) is 6.08 Å². The van der Waals surface area contributed by atoms with Gasteiger partial charge in [-0.1, -0.05) is 64.1 Å². The van der Waals surface area contributed by atoms with Crippen molar-refractivity contribution in [2.24, 2.45) is 0 Å². The Balaban J connectivity index is 1.43. The van der Waals surface area contributed by atoms with Gasteiger partial charge in [-0.3, -0.25) is 9.36 Å². The highest BCUT2D eigenvalue weighted by Gasteiger charge is 2.16. The molecule has 35 heavy (non-hydrogen) atoms. The minimum Gasteiger partial charge on any atom is -0.485 e. The Labute approximate surface area is 217 Å². The van der Waals surface area contributed by atoms with Crippen LogP contribution in [0.3, 0.4) is 0 Å². The molecule has 1 aromatic heterocycles. The van der Waals surface area contributed by atoms with Gasteiger partial charge in [0, 0.05) is 16.7 Å². The fraction of sp³-hybridized carbons (Fsp3) is 0.222. The average Bonchev–Trinajstić information content (AvgIpc) is 3.24. The van der Waals surface area contributed by atoms with Crippen molar-refractivity contribution in [3.8, 4) is 5.75 Å². The predicted octanol–water partition coefficient (Wildman–Crippen LogP) is 6.61. The standard InChI is InChI=1S/C27H27BrN4O2S/c1-5-14-32-25(15-34-24-13-10-20-8-6-7-9-21(20)19(24)4)30-31-27(32)35-16-26(33)29-23-12-11-22(28)17(2)18(23)3/h5-13H,1,14-16H2,2-4H3,(H,29,33). The second-order valence-corrected chi connectivity index (χ2v) is 9.98. The summed E-state index contributed by atoms with van der Waals surface area (Å²) >= 11 is 4.86. The van der Waals surface area contributed by atoms with Crippen molar-refractivity contribution < 1.29 is 9.53 Å². The summed E-state index contributed by atoms with van der Waals surface area (Å²) in [6.45, 7) is 10.7. The molecule has 0 unspecified atom stereocenters. The Bertz CT molecular complexity index is 1400. The summed E-state index contributed by atoms with van der Waals surface area (Å²) in [5.41, 5.74) is 4.04. The van der Waals surface area contributed by atoms with E-state index < -0.39 is 0 Å². The molecule has 4 rings (SSSR count). The number of ether oxygens (including phenoxy) is 1. The summed E-state index contributed by atoms with van der Waals surface area (Å²) in [7, 11) is 0. The molecule has 0 bridgehead atoms. The molecular formula is C27H27BrN4O2S. The molecule has 0 spiro atoms. The lowest BCUT2D eigenvalue weighted by Gasteiger charge is -2.13. The fourth-order valence-electron chi connectivity index (χ4n) is 3.79. The molecule has 8 heteroatoms. The number of aromatic nitrogens is 3. The van der Waals surface area contributed by atoms with E-state index in [1.165, 1.54) is 17.1 Å². The molecule has 0 aliphatic rings. The maximum Gasteiger partial charge on any atom is 0.234 e. The van der Waals surface area contributed by atoms with Crippen LogP contribution in [-0.2, 0) is 17.9 Å². The number of aryl methyl sites for hydroxylation is 1. The minimum absolute atomic E-state index is 0.0995. The van der Waals surface area contributed by atoms with Crippen LogP contribution in [-0.4, -0.2) is 26.4 Å². The van der Waals surface area contributed by atoms with E-state index in [0.29, 0.717) is 17.5 Å². The first kappa shape index (κ1) is 25.0.